The molecule has 0 saturated heterocycles. The summed E-state index contributed by atoms with van der Waals surface area (Å²) in [6.45, 7) is -1.19. The van der Waals surface area contributed by atoms with E-state index in [9.17, 15) is 8.78 Å². The van der Waals surface area contributed by atoms with Crippen molar-refractivity contribution < 1.29 is 13.5 Å². The van der Waals surface area contributed by atoms with Crippen molar-refractivity contribution in [2.24, 2.45) is 0 Å². The van der Waals surface area contributed by atoms with Gasteiger partial charge in [0.2, 0.25) is 5.88 Å². The van der Waals surface area contributed by atoms with E-state index in [1.165, 1.54) is 12.3 Å². The van der Waals surface area contributed by atoms with E-state index in [0.717, 1.165) is 0 Å². The maximum Gasteiger partial charge on any atom is 0.388 e. The molecule has 4 heteroatoms. The van der Waals surface area contributed by atoms with Crippen LogP contribution in [0, 0.1) is 13.0 Å². The topological polar surface area (TPSA) is 22.1 Å². The van der Waals surface area contributed by atoms with Crippen molar-refractivity contribution >= 4 is 0 Å². The summed E-state index contributed by atoms with van der Waals surface area (Å²) >= 11 is 0. The van der Waals surface area contributed by atoms with Crippen LogP contribution in [-0.4, -0.2) is 11.6 Å². The van der Waals surface area contributed by atoms with Crippen molar-refractivity contribution in [2.45, 2.75) is 13.5 Å². The van der Waals surface area contributed by atoms with Crippen LogP contribution < -0.4 is 4.74 Å². The molecule has 2 nitrogen and oxygen atoms in total. The Morgan fingerprint density at radius 2 is 2.36 bits per heavy atom. The van der Waals surface area contributed by atoms with Crippen LogP contribution in [0.3, 0.4) is 0 Å². The first-order chi connectivity index (χ1) is 5.20. The molecule has 0 spiro atoms. The summed E-state index contributed by atoms with van der Waals surface area (Å²) in [6, 6.07) is 4.17. The third-order valence-corrected chi connectivity index (χ3v) is 1.09. The first-order valence-corrected chi connectivity index (χ1v) is 2.97. The van der Waals surface area contributed by atoms with E-state index in [4.69, 9.17) is 0 Å². The number of alkyl halides is 2. The molecular formula is C7H6F2NO. The average molecular weight is 158 g/mol. The molecule has 1 aromatic rings. The summed E-state index contributed by atoms with van der Waals surface area (Å²) in [5, 5.41) is 0. The Hall–Kier alpha value is -1.19. The quantitative estimate of drug-likeness (QED) is 0.654. The lowest BCUT2D eigenvalue weighted by Crippen LogP contribution is -2.04. The average Bonchev–Trinajstić information content (AvgIpc) is 1.93. The van der Waals surface area contributed by atoms with Gasteiger partial charge in [-0.1, -0.05) is 0 Å². The molecule has 0 aromatic carbocycles. The van der Waals surface area contributed by atoms with Crippen LogP contribution in [0.25, 0.3) is 0 Å². The molecule has 0 unspecified atom stereocenters. The zero-order chi connectivity index (χ0) is 8.27. The lowest BCUT2D eigenvalue weighted by molar-refractivity contribution is -0.0533. The number of aromatic nitrogens is 1. The molecule has 1 radical (unpaired) electrons. The fraction of sp³-hybridized carbons (Fsp3) is 0.286. The van der Waals surface area contributed by atoms with Gasteiger partial charge >= 0.3 is 6.61 Å². The summed E-state index contributed by atoms with van der Waals surface area (Å²) in [7, 11) is 0. The molecule has 0 saturated carbocycles. The zero-order valence-corrected chi connectivity index (χ0v) is 5.84. The smallest absolute Gasteiger partial charge is 0.388 e. The second-order valence-corrected chi connectivity index (χ2v) is 1.94. The molecule has 59 valence electrons. The van der Waals surface area contributed by atoms with E-state index in [2.05, 4.69) is 15.8 Å². The van der Waals surface area contributed by atoms with Gasteiger partial charge in [-0.15, -0.1) is 0 Å². The van der Waals surface area contributed by atoms with Gasteiger partial charge in [0.05, 0.1) is 0 Å². The zero-order valence-electron chi connectivity index (χ0n) is 5.84. The summed E-state index contributed by atoms with van der Waals surface area (Å²) in [5.74, 6) is -0.0428. The van der Waals surface area contributed by atoms with Gasteiger partial charge in [-0.25, -0.2) is 4.98 Å². The fourth-order valence-corrected chi connectivity index (χ4v) is 0.629. The first-order valence-electron chi connectivity index (χ1n) is 2.97. The van der Waals surface area contributed by atoms with Gasteiger partial charge in [-0.2, -0.15) is 8.78 Å². The third kappa shape index (κ3) is 2.14. The summed E-state index contributed by atoms with van der Waals surface area (Å²) in [4.78, 5) is 3.56. The Morgan fingerprint density at radius 1 is 1.64 bits per heavy atom. The van der Waals surface area contributed by atoms with Crippen LogP contribution in [0.15, 0.2) is 12.3 Å². The van der Waals surface area contributed by atoms with Gasteiger partial charge in [0.15, 0.2) is 0 Å². The molecule has 0 N–H and O–H groups in total. The Morgan fingerprint density at radius 3 is 2.91 bits per heavy atom. The van der Waals surface area contributed by atoms with E-state index in [1.807, 2.05) is 0 Å². The SMILES string of the molecule is Cc1c[c]cnc1OC(F)F. The van der Waals surface area contributed by atoms with Gasteiger partial charge < -0.3 is 4.74 Å². The maximum atomic E-state index is 11.6. The Labute approximate surface area is 62.8 Å². The van der Waals surface area contributed by atoms with Crippen molar-refractivity contribution in [3.8, 4) is 5.88 Å². The van der Waals surface area contributed by atoms with Crippen LogP contribution in [-0.2, 0) is 0 Å². The van der Waals surface area contributed by atoms with Gasteiger partial charge in [-0.05, 0) is 13.0 Å². The molecular weight excluding hydrogens is 152 g/mol. The second kappa shape index (κ2) is 3.27. The fourth-order valence-electron chi connectivity index (χ4n) is 0.629. The first kappa shape index (κ1) is 7.91. The minimum Gasteiger partial charge on any atom is -0.417 e. The van der Waals surface area contributed by atoms with Crippen molar-refractivity contribution in [3.05, 3.63) is 23.9 Å². The van der Waals surface area contributed by atoms with Crippen LogP contribution in [0.4, 0.5) is 8.78 Å². The van der Waals surface area contributed by atoms with Crippen LogP contribution >= 0.6 is 0 Å². The lowest BCUT2D eigenvalue weighted by Gasteiger charge is -2.04. The van der Waals surface area contributed by atoms with Crippen LogP contribution in [0.5, 0.6) is 5.88 Å². The van der Waals surface area contributed by atoms with Gasteiger partial charge in [-0.3, -0.25) is 0 Å². The molecule has 1 rings (SSSR count). The number of pyridine rings is 1. The predicted molar refractivity (Wildman–Crippen MR) is 34.4 cm³/mol. The number of ether oxygens (including phenoxy) is 1. The second-order valence-electron chi connectivity index (χ2n) is 1.94. The molecule has 0 amide bonds. The highest BCUT2D eigenvalue weighted by Gasteiger charge is 2.06. The van der Waals surface area contributed by atoms with Crippen LogP contribution in [0.1, 0.15) is 5.56 Å². The number of halogens is 2. The summed E-state index contributed by atoms with van der Waals surface area (Å²) in [5.41, 5.74) is 0.549. The van der Waals surface area contributed by atoms with Gasteiger partial charge in [0.25, 0.3) is 0 Å². The molecule has 11 heavy (non-hydrogen) atoms. The van der Waals surface area contributed by atoms with Gasteiger partial charge in [0, 0.05) is 17.8 Å². The molecule has 0 aliphatic rings. The van der Waals surface area contributed by atoms with Crippen molar-refractivity contribution in [3.63, 3.8) is 0 Å². The summed E-state index contributed by atoms with van der Waals surface area (Å²) < 4.78 is 27.3. The Bertz CT molecular complexity index is 240. The highest BCUT2D eigenvalue weighted by Crippen LogP contribution is 2.14. The molecule has 0 fully saturated rings. The molecule has 1 aromatic heterocycles. The number of rotatable bonds is 2. The largest absolute Gasteiger partial charge is 0.417 e. The van der Waals surface area contributed by atoms with Crippen molar-refractivity contribution in [1.29, 1.82) is 0 Å². The lowest BCUT2D eigenvalue weighted by atomic mass is 10.3. The van der Waals surface area contributed by atoms with Crippen molar-refractivity contribution in [1.82, 2.24) is 4.98 Å². The Balaban J connectivity index is 2.78. The summed E-state index contributed by atoms with van der Waals surface area (Å²) in [6.07, 6.45) is 1.28. The number of nitrogens with zero attached hydrogens (tertiary/aromatic N) is 1. The molecule has 0 aliphatic heterocycles. The van der Waals surface area contributed by atoms with E-state index in [0.29, 0.717) is 5.56 Å². The highest BCUT2D eigenvalue weighted by atomic mass is 19.3. The molecule has 0 atom stereocenters. The predicted octanol–water partition coefficient (Wildman–Crippen LogP) is 1.79. The van der Waals surface area contributed by atoms with E-state index >= 15 is 0 Å². The minimum absolute atomic E-state index is 0.0428. The maximum absolute atomic E-state index is 11.6. The number of aryl methyl sites for hydroxylation is 1. The molecule has 0 aliphatic carbocycles. The third-order valence-electron chi connectivity index (χ3n) is 1.09. The van der Waals surface area contributed by atoms with E-state index in [1.54, 1.807) is 6.92 Å². The number of hydrogen-bond acceptors (Lipinski definition) is 2. The highest BCUT2D eigenvalue weighted by molar-refractivity contribution is 5.22. The minimum atomic E-state index is -2.82. The van der Waals surface area contributed by atoms with E-state index in [-0.39, 0.29) is 5.88 Å². The molecule has 0 bridgehead atoms. The van der Waals surface area contributed by atoms with Crippen molar-refractivity contribution in [2.75, 3.05) is 0 Å². The monoisotopic (exact) mass is 158 g/mol. The van der Waals surface area contributed by atoms with Gasteiger partial charge in [0.1, 0.15) is 0 Å². The number of hydrogen-bond donors (Lipinski definition) is 0. The molecule has 1 heterocycles. The van der Waals surface area contributed by atoms with Crippen LogP contribution in [0.2, 0.25) is 0 Å². The normalized spacial score (nSPS) is 10.2. The standard InChI is InChI=1S/C7H6F2NO/c1-5-3-2-4-10-6(5)11-7(8)9/h3-4,7H,1H3. The van der Waals surface area contributed by atoms with E-state index < -0.39 is 6.61 Å². The Kier molecular flexibility index (Phi) is 2.36.